The van der Waals surface area contributed by atoms with E-state index in [4.69, 9.17) is 9.84 Å². The van der Waals surface area contributed by atoms with E-state index in [0.29, 0.717) is 19.3 Å². The number of benzene rings is 2. The summed E-state index contributed by atoms with van der Waals surface area (Å²) in [5, 5.41) is 14.5. The first-order chi connectivity index (χ1) is 16.4. The molecule has 2 aromatic rings. The molecular weight excluding hydrogens is 432 g/mol. The first kappa shape index (κ1) is 25.3. The average Bonchev–Trinajstić information content (AvgIpc) is 3.16. The maximum Gasteiger partial charge on any atom is 0.407 e. The van der Waals surface area contributed by atoms with Crippen LogP contribution in [-0.4, -0.2) is 41.8 Å². The topological polar surface area (TPSA) is 105 Å². The van der Waals surface area contributed by atoms with Crippen LogP contribution in [0.1, 0.15) is 69.4 Å². The molecule has 0 heterocycles. The zero-order valence-electron chi connectivity index (χ0n) is 19.9. The number of rotatable bonds is 12. The molecule has 0 aromatic heterocycles. The van der Waals surface area contributed by atoms with Crippen molar-refractivity contribution in [2.45, 2.75) is 70.4 Å². The third kappa shape index (κ3) is 6.37. The molecule has 2 atom stereocenters. The van der Waals surface area contributed by atoms with Gasteiger partial charge in [0.15, 0.2) is 0 Å². The monoisotopic (exact) mass is 466 g/mol. The number of carboxylic acids is 1. The summed E-state index contributed by atoms with van der Waals surface area (Å²) in [6.45, 7) is 4.09. The van der Waals surface area contributed by atoms with Crippen molar-refractivity contribution in [2.24, 2.45) is 0 Å². The van der Waals surface area contributed by atoms with Gasteiger partial charge in [-0.1, -0.05) is 75.2 Å². The molecule has 0 saturated heterocycles. The molecule has 0 aliphatic heterocycles. The summed E-state index contributed by atoms with van der Waals surface area (Å²) in [6.07, 6.45) is 2.46. The zero-order chi connectivity index (χ0) is 24.5. The third-order valence-electron chi connectivity index (χ3n) is 6.34. The Morgan fingerprint density at radius 2 is 1.56 bits per heavy atom. The highest BCUT2D eigenvalue weighted by molar-refractivity contribution is 5.86. The zero-order valence-corrected chi connectivity index (χ0v) is 19.9. The second-order valence-corrected chi connectivity index (χ2v) is 8.71. The Morgan fingerprint density at radius 1 is 0.941 bits per heavy atom. The van der Waals surface area contributed by atoms with Gasteiger partial charge in [0.1, 0.15) is 12.6 Å². The second kappa shape index (κ2) is 12.2. The minimum absolute atomic E-state index is 0.0157. The van der Waals surface area contributed by atoms with Gasteiger partial charge in [-0.25, -0.2) is 4.79 Å². The van der Waals surface area contributed by atoms with Gasteiger partial charge in [0, 0.05) is 18.4 Å². The molecule has 0 bridgehead atoms. The average molecular weight is 467 g/mol. The van der Waals surface area contributed by atoms with E-state index >= 15 is 0 Å². The number of ether oxygens (including phenoxy) is 1. The predicted molar refractivity (Wildman–Crippen MR) is 131 cm³/mol. The maximum absolute atomic E-state index is 12.9. The SMILES string of the molecule is CCCCC(NC(=O)OCC1c2ccccc2-c2ccccc21)C(=O)NC(CC)CCC(=O)O. The van der Waals surface area contributed by atoms with E-state index in [2.05, 4.69) is 34.9 Å². The van der Waals surface area contributed by atoms with Crippen LogP contribution in [-0.2, 0) is 14.3 Å². The van der Waals surface area contributed by atoms with Crippen LogP contribution in [0.5, 0.6) is 0 Å². The number of fused-ring (bicyclic) bond motifs is 3. The lowest BCUT2D eigenvalue weighted by atomic mass is 9.98. The normalized spacial score (nSPS) is 13.9. The number of alkyl carbamates (subject to hydrolysis) is 1. The fraction of sp³-hybridized carbons (Fsp3) is 0.444. The molecule has 1 aliphatic carbocycles. The number of carbonyl (C=O) groups is 3. The smallest absolute Gasteiger partial charge is 0.407 e. The molecule has 34 heavy (non-hydrogen) atoms. The number of unbranched alkanes of at least 4 members (excludes halogenated alkanes) is 1. The van der Waals surface area contributed by atoms with E-state index in [9.17, 15) is 14.4 Å². The Hall–Kier alpha value is -3.35. The number of hydrogen-bond acceptors (Lipinski definition) is 4. The standard InChI is InChI=1S/C27H34N2O5/c1-3-5-14-24(26(32)28-18(4-2)15-16-25(30)31)29-27(33)34-17-23-21-12-8-6-10-19(21)20-11-7-9-13-22(20)23/h6-13,18,23-24H,3-5,14-17H2,1-2H3,(H,28,32)(H,29,33)(H,30,31). The summed E-state index contributed by atoms with van der Waals surface area (Å²) in [5.74, 6) is -1.26. The second-order valence-electron chi connectivity index (χ2n) is 8.71. The summed E-state index contributed by atoms with van der Waals surface area (Å²) in [5.41, 5.74) is 4.56. The first-order valence-corrected chi connectivity index (χ1v) is 12.1. The summed E-state index contributed by atoms with van der Waals surface area (Å²) in [6, 6.07) is 15.3. The van der Waals surface area contributed by atoms with Gasteiger partial charge >= 0.3 is 12.1 Å². The van der Waals surface area contributed by atoms with Crippen molar-refractivity contribution in [3.05, 3.63) is 59.7 Å². The molecule has 1 aliphatic rings. The van der Waals surface area contributed by atoms with Gasteiger partial charge < -0.3 is 20.5 Å². The number of hydrogen-bond donors (Lipinski definition) is 3. The molecular formula is C27H34N2O5. The van der Waals surface area contributed by atoms with Crippen molar-refractivity contribution in [2.75, 3.05) is 6.61 Å². The highest BCUT2D eigenvalue weighted by Gasteiger charge is 2.30. The summed E-state index contributed by atoms with van der Waals surface area (Å²) in [7, 11) is 0. The van der Waals surface area contributed by atoms with Crippen LogP contribution in [0.15, 0.2) is 48.5 Å². The third-order valence-corrected chi connectivity index (χ3v) is 6.34. The van der Waals surface area contributed by atoms with Gasteiger partial charge in [-0.3, -0.25) is 9.59 Å². The van der Waals surface area contributed by atoms with Crippen molar-refractivity contribution in [3.63, 3.8) is 0 Å². The highest BCUT2D eigenvalue weighted by Crippen LogP contribution is 2.44. The number of carbonyl (C=O) groups excluding carboxylic acids is 2. The predicted octanol–water partition coefficient (Wildman–Crippen LogP) is 4.84. The van der Waals surface area contributed by atoms with Crippen molar-refractivity contribution >= 4 is 18.0 Å². The van der Waals surface area contributed by atoms with Crippen molar-refractivity contribution in [3.8, 4) is 11.1 Å². The van der Waals surface area contributed by atoms with Gasteiger partial charge in [0.05, 0.1) is 0 Å². The molecule has 182 valence electrons. The highest BCUT2D eigenvalue weighted by atomic mass is 16.5. The number of amides is 2. The minimum Gasteiger partial charge on any atom is -0.481 e. The van der Waals surface area contributed by atoms with Gasteiger partial charge in [-0.2, -0.15) is 0 Å². The van der Waals surface area contributed by atoms with Crippen LogP contribution in [0, 0.1) is 0 Å². The van der Waals surface area contributed by atoms with Crippen LogP contribution >= 0.6 is 0 Å². The molecule has 0 spiro atoms. The molecule has 3 rings (SSSR count). The Labute approximate surface area is 200 Å². The number of aliphatic carboxylic acids is 1. The van der Waals surface area contributed by atoms with E-state index in [1.807, 2.05) is 38.1 Å². The van der Waals surface area contributed by atoms with E-state index in [0.717, 1.165) is 35.1 Å². The van der Waals surface area contributed by atoms with Crippen molar-refractivity contribution < 1.29 is 24.2 Å². The molecule has 2 amide bonds. The lowest BCUT2D eigenvalue weighted by molar-refractivity contribution is -0.137. The van der Waals surface area contributed by atoms with E-state index < -0.39 is 18.1 Å². The summed E-state index contributed by atoms with van der Waals surface area (Å²) in [4.78, 5) is 36.4. The number of carboxylic acid groups (broad SMARTS) is 1. The van der Waals surface area contributed by atoms with E-state index in [-0.39, 0.29) is 30.9 Å². The lowest BCUT2D eigenvalue weighted by Crippen LogP contribution is -2.49. The largest absolute Gasteiger partial charge is 0.481 e. The Morgan fingerprint density at radius 3 is 2.12 bits per heavy atom. The fourth-order valence-electron chi connectivity index (χ4n) is 4.44. The van der Waals surface area contributed by atoms with Gasteiger partial charge in [0.25, 0.3) is 0 Å². The van der Waals surface area contributed by atoms with Crippen LogP contribution in [0.4, 0.5) is 4.79 Å². The van der Waals surface area contributed by atoms with Gasteiger partial charge in [-0.05, 0) is 41.5 Å². The Kier molecular flexibility index (Phi) is 9.08. The van der Waals surface area contributed by atoms with E-state index in [1.54, 1.807) is 0 Å². The Bertz CT molecular complexity index is 961. The fourth-order valence-corrected chi connectivity index (χ4v) is 4.44. The van der Waals surface area contributed by atoms with Gasteiger partial charge in [0.2, 0.25) is 5.91 Å². The van der Waals surface area contributed by atoms with Crippen LogP contribution in [0.25, 0.3) is 11.1 Å². The minimum atomic E-state index is -0.896. The quantitative estimate of drug-likeness (QED) is 0.415. The van der Waals surface area contributed by atoms with Crippen molar-refractivity contribution in [1.29, 1.82) is 0 Å². The number of nitrogens with one attached hydrogen (secondary N) is 2. The molecule has 0 saturated carbocycles. The summed E-state index contributed by atoms with van der Waals surface area (Å²) < 4.78 is 5.60. The Balaban J connectivity index is 1.62. The van der Waals surface area contributed by atoms with Gasteiger partial charge in [-0.15, -0.1) is 0 Å². The maximum atomic E-state index is 12.9. The molecule has 7 nitrogen and oxygen atoms in total. The lowest BCUT2D eigenvalue weighted by Gasteiger charge is -2.23. The molecule has 3 N–H and O–H groups in total. The molecule has 0 fully saturated rings. The molecule has 7 heteroatoms. The molecule has 0 radical (unpaired) electrons. The van der Waals surface area contributed by atoms with Crippen LogP contribution in [0.2, 0.25) is 0 Å². The molecule has 2 unspecified atom stereocenters. The van der Waals surface area contributed by atoms with Crippen LogP contribution in [0.3, 0.4) is 0 Å². The van der Waals surface area contributed by atoms with E-state index in [1.165, 1.54) is 0 Å². The summed E-state index contributed by atoms with van der Waals surface area (Å²) >= 11 is 0. The van der Waals surface area contributed by atoms with Crippen LogP contribution < -0.4 is 10.6 Å². The molecule has 2 aromatic carbocycles. The van der Waals surface area contributed by atoms with Crippen molar-refractivity contribution in [1.82, 2.24) is 10.6 Å². The first-order valence-electron chi connectivity index (χ1n) is 12.1.